The van der Waals surface area contributed by atoms with Crippen LogP contribution in [0.3, 0.4) is 0 Å². The summed E-state index contributed by atoms with van der Waals surface area (Å²) in [6, 6.07) is 16.6. The van der Waals surface area contributed by atoms with Crippen molar-refractivity contribution in [2.24, 2.45) is 0 Å². The van der Waals surface area contributed by atoms with Gasteiger partial charge in [-0.1, -0.05) is 67.1 Å². The van der Waals surface area contributed by atoms with Gasteiger partial charge in [-0.05, 0) is 36.1 Å². The molecule has 1 unspecified atom stereocenters. The molecule has 0 fully saturated rings. The highest BCUT2D eigenvalue weighted by molar-refractivity contribution is 7.99. The number of hydrogen-bond acceptors (Lipinski definition) is 3. The summed E-state index contributed by atoms with van der Waals surface area (Å²) in [6.45, 7) is 0. The molecule has 0 saturated heterocycles. The maximum atomic E-state index is 10.8. The van der Waals surface area contributed by atoms with E-state index in [9.17, 15) is 4.79 Å². The summed E-state index contributed by atoms with van der Waals surface area (Å²) < 4.78 is 59.7. The Kier molecular flexibility index (Phi) is 6.39. The second-order valence-corrected chi connectivity index (χ2v) is 7.28. The SMILES string of the molecule is [2H]C([2H])(CC([2H])(CCCCC(=O)O)SC([2H])([2H])c1ccccc1)SC([2H])([2H])c1ccccc1. The third-order valence-corrected chi connectivity index (χ3v) is 5.07. The van der Waals surface area contributed by atoms with Crippen molar-refractivity contribution in [2.45, 2.75) is 48.7 Å². The standard InChI is InChI=1S/C22H28O2S2/c23-22(24)14-8-7-13-21(26-18-20-11-5-2-6-12-20)15-16-25-17-19-9-3-1-4-10-19/h1-6,9-12,21H,7-8,13-18H2,(H,23,24)/i16D2,17D2,18D2,21D. The summed E-state index contributed by atoms with van der Waals surface area (Å²) in [5.41, 5.74) is -5.53. The van der Waals surface area contributed by atoms with E-state index in [4.69, 9.17) is 14.7 Å². The van der Waals surface area contributed by atoms with E-state index in [1.807, 2.05) is 0 Å². The van der Waals surface area contributed by atoms with Crippen LogP contribution in [0.4, 0.5) is 0 Å². The van der Waals surface area contributed by atoms with Crippen molar-refractivity contribution in [3.05, 3.63) is 71.8 Å². The Balaban J connectivity index is 2.23. The van der Waals surface area contributed by atoms with Gasteiger partial charge in [0.15, 0.2) is 0 Å². The van der Waals surface area contributed by atoms with Crippen molar-refractivity contribution < 1.29 is 19.5 Å². The smallest absolute Gasteiger partial charge is 0.303 e. The molecule has 1 atom stereocenters. The number of thioether (sulfide) groups is 2. The van der Waals surface area contributed by atoms with Gasteiger partial charge in [-0.25, -0.2) is 0 Å². The van der Waals surface area contributed by atoms with Crippen LogP contribution in [0.2, 0.25) is 0 Å². The zero-order valence-electron chi connectivity index (χ0n) is 21.5. The van der Waals surface area contributed by atoms with Gasteiger partial charge >= 0.3 is 5.97 Å². The van der Waals surface area contributed by atoms with Crippen LogP contribution < -0.4 is 0 Å². The zero-order chi connectivity index (χ0) is 24.8. The topological polar surface area (TPSA) is 37.3 Å². The number of hydrogen-bond donors (Lipinski definition) is 1. The number of carboxylic acid groups (broad SMARTS) is 1. The monoisotopic (exact) mass is 395 g/mol. The Hall–Kier alpha value is -1.39. The number of unbranched alkanes of at least 4 members (excludes halogenated alkanes) is 1. The molecule has 0 aliphatic heterocycles. The van der Waals surface area contributed by atoms with E-state index >= 15 is 0 Å². The molecule has 0 aliphatic rings. The first-order valence-electron chi connectivity index (χ1n) is 12.0. The molecule has 26 heavy (non-hydrogen) atoms. The molecule has 0 saturated carbocycles. The van der Waals surface area contributed by atoms with E-state index < -0.39 is 34.7 Å². The van der Waals surface area contributed by atoms with E-state index in [0.29, 0.717) is 47.5 Å². The molecule has 2 rings (SSSR count). The van der Waals surface area contributed by atoms with Crippen LogP contribution in [-0.2, 0) is 16.2 Å². The van der Waals surface area contributed by atoms with Crippen LogP contribution in [0.5, 0.6) is 0 Å². The third kappa shape index (κ3) is 9.35. The van der Waals surface area contributed by atoms with Gasteiger partial charge in [0.05, 0.1) is 0 Å². The van der Waals surface area contributed by atoms with Crippen LogP contribution in [0.15, 0.2) is 60.7 Å². The molecule has 2 aromatic rings. The maximum Gasteiger partial charge on any atom is 0.303 e. The van der Waals surface area contributed by atoms with E-state index in [2.05, 4.69) is 0 Å². The van der Waals surface area contributed by atoms with Gasteiger partial charge in [-0.2, -0.15) is 23.5 Å². The minimum absolute atomic E-state index is 0.0751. The van der Waals surface area contributed by atoms with Gasteiger partial charge in [0.1, 0.15) is 0 Å². The molecule has 0 aliphatic carbocycles. The highest BCUT2D eigenvalue weighted by Crippen LogP contribution is 2.27. The van der Waals surface area contributed by atoms with Crippen LogP contribution in [0.1, 0.15) is 52.8 Å². The van der Waals surface area contributed by atoms with Crippen molar-refractivity contribution in [2.75, 3.05) is 5.70 Å². The lowest BCUT2D eigenvalue weighted by Crippen LogP contribution is -2.06. The number of aliphatic carboxylic acids is 1. The van der Waals surface area contributed by atoms with Gasteiger partial charge in [0, 0.05) is 32.7 Å². The van der Waals surface area contributed by atoms with Gasteiger partial charge in [0.2, 0.25) is 0 Å². The maximum absolute atomic E-state index is 10.8. The van der Waals surface area contributed by atoms with E-state index in [-0.39, 0.29) is 12.8 Å². The van der Waals surface area contributed by atoms with Crippen molar-refractivity contribution in [1.82, 2.24) is 0 Å². The van der Waals surface area contributed by atoms with Crippen molar-refractivity contribution in [3.63, 3.8) is 0 Å². The number of rotatable bonds is 13. The molecule has 2 nitrogen and oxygen atoms in total. The van der Waals surface area contributed by atoms with Crippen molar-refractivity contribution in [1.29, 1.82) is 0 Å². The quantitative estimate of drug-likeness (QED) is 0.406. The Morgan fingerprint density at radius 1 is 0.962 bits per heavy atom. The lowest BCUT2D eigenvalue weighted by Gasteiger charge is -2.16. The highest BCUT2D eigenvalue weighted by atomic mass is 32.2. The minimum Gasteiger partial charge on any atom is -0.481 e. The largest absolute Gasteiger partial charge is 0.481 e. The first kappa shape index (κ1) is 12.9. The van der Waals surface area contributed by atoms with E-state index in [1.54, 1.807) is 60.7 Å². The van der Waals surface area contributed by atoms with Crippen LogP contribution in [0, 0.1) is 0 Å². The average molecular weight is 396 g/mol. The van der Waals surface area contributed by atoms with E-state index in [1.165, 1.54) is 0 Å². The molecule has 0 amide bonds. The summed E-state index contributed by atoms with van der Waals surface area (Å²) in [5, 5.41) is 7.25. The van der Waals surface area contributed by atoms with Gasteiger partial charge in [-0.3, -0.25) is 4.79 Å². The number of benzene rings is 2. The summed E-state index contributed by atoms with van der Waals surface area (Å²) in [5.74, 6) is -0.959. The minimum atomic E-state index is -2.17. The molecule has 0 heterocycles. The molecule has 2 aromatic carbocycles. The molecular formula is C22H28O2S2. The Morgan fingerprint density at radius 2 is 1.58 bits per heavy atom. The van der Waals surface area contributed by atoms with Gasteiger partial charge in [0.25, 0.3) is 0 Å². The van der Waals surface area contributed by atoms with E-state index in [0.717, 1.165) is 0 Å². The fourth-order valence-corrected chi connectivity index (χ4v) is 3.58. The third-order valence-electron chi connectivity index (χ3n) is 3.47. The highest BCUT2D eigenvalue weighted by Gasteiger charge is 2.10. The Labute approximate surface area is 175 Å². The normalized spacial score (nSPS) is 18.8. The molecule has 4 heteroatoms. The first-order chi connectivity index (χ1) is 15.2. The summed E-state index contributed by atoms with van der Waals surface area (Å²) in [4.78, 5) is 10.8. The van der Waals surface area contributed by atoms with Gasteiger partial charge < -0.3 is 5.11 Å². The fourth-order valence-electron chi connectivity index (χ4n) is 2.13. The lowest BCUT2D eigenvalue weighted by molar-refractivity contribution is -0.137. The van der Waals surface area contributed by atoms with Crippen molar-refractivity contribution >= 4 is 29.5 Å². The molecule has 0 spiro atoms. The summed E-state index contributed by atoms with van der Waals surface area (Å²) >= 11 is 1.15. The summed E-state index contributed by atoms with van der Waals surface area (Å²) in [6.07, 6.45) is 0.184. The van der Waals surface area contributed by atoms with Crippen LogP contribution >= 0.6 is 23.5 Å². The predicted octanol–water partition coefficient (Wildman–Crippen LogP) is 6.26. The second-order valence-electron chi connectivity index (χ2n) is 5.60. The van der Waals surface area contributed by atoms with Crippen molar-refractivity contribution in [3.8, 4) is 0 Å². The first-order valence-corrected chi connectivity index (χ1v) is 10.1. The molecule has 0 radical (unpaired) electrons. The number of carboxylic acids is 1. The molecule has 1 N–H and O–H groups in total. The zero-order valence-corrected chi connectivity index (χ0v) is 16.1. The molecule has 0 bridgehead atoms. The average Bonchev–Trinajstić information content (AvgIpc) is 2.71. The van der Waals surface area contributed by atoms with Gasteiger partial charge in [-0.15, -0.1) is 0 Å². The predicted molar refractivity (Wildman–Crippen MR) is 115 cm³/mol. The second kappa shape index (κ2) is 12.9. The van der Waals surface area contributed by atoms with Crippen LogP contribution in [0.25, 0.3) is 0 Å². The Bertz CT molecular complexity index is 898. The summed E-state index contributed by atoms with van der Waals surface area (Å²) in [7, 11) is 0. The molecular weight excluding hydrogens is 360 g/mol. The molecule has 140 valence electrons. The molecule has 0 aromatic heterocycles. The Morgan fingerprint density at radius 3 is 2.19 bits per heavy atom. The van der Waals surface area contributed by atoms with Crippen LogP contribution in [-0.4, -0.2) is 22.0 Å². The lowest BCUT2D eigenvalue weighted by atomic mass is 10.1. The fraction of sp³-hybridized carbons (Fsp3) is 0.409. The number of carbonyl (C=O) groups is 1.